The summed E-state index contributed by atoms with van der Waals surface area (Å²) >= 11 is 7.65. The third-order valence-corrected chi connectivity index (χ3v) is 5.83. The standard InChI is InChI=1S/C21H21ClN2O7S/c1-11(25)28-17-10-32-21(20(30-13(3)27)19(17)29-12(2)26)31-15-8-16(22)18(24-9-15)14-4-6-23-7-5-14/h4-9,17,19-21H,10H2,1-3H3/t17-,19+,20-,21-/m1/s1. The number of rotatable bonds is 6. The molecule has 3 heterocycles. The van der Waals surface area contributed by atoms with Crippen molar-refractivity contribution >= 4 is 41.3 Å². The molecule has 2 aromatic heterocycles. The van der Waals surface area contributed by atoms with Crippen molar-refractivity contribution in [1.82, 2.24) is 9.97 Å². The normalized spacial score (nSPS) is 22.5. The Hall–Kier alpha value is -2.85. The van der Waals surface area contributed by atoms with Gasteiger partial charge >= 0.3 is 17.9 Å². The summed E-state index contributed by atoms with van der Waals surface area (Å²) in [4.78, 5) is 43.3. The SMILES string of the molecule is CC(=O)O[C@@H]1[C@@H](OC(C)=O)[C@H](OC(C)=O)CS[C@H]1Oc1cnc(-c2ccncc2)c(Cl)c1. The van der Waals surface area contributed by atoms with Crippen LogP contribution in [0, 0.1) is 0 Å². The first-order valence-corrected chi connectivity index (χ1v) is 11.0. The van der Waals surface area contributed by atoms with Gasteiger partial charge in [0.15, 0.2) is 23.7 Å². The van der Waals surface area contributed by atoms with Crippen LogP contribution in [0.2, 0.25) is 5.02 Å². The maximum absolute atomic E-state index is 11.8. The molecule has 1 aliphatic rings. The van der Waals surface area contributed by atoms with Crippen LogP contribution in [0.15, 0.2) is 36.8 Å². The minimum atomic E-state index is -1.04. The third kappa shape index (κ3) is 6.10. The lowest BCUT2D eigenvalue weighted by molar-refractivity contribution is -0.186. The number of thioether (sulfide) groups is 1. The molecule has 4 atom stereocenters. The summed E-state index contributed by atoms with van der Waals surface area (Å²) in [7, 11) is 0. The van der Waals surface area contributed by atoms with Crippen molar-refractivity contribution in [3.63, 3.8) is 0 Å². The first-order chi connectivity index (χ1) is 15.2. The molecule has 9 nitrogen and oxygen atoms in total. The average molecular weight is 481 g/mol. The van der Waals surface area contributed by atoms with Gasteiger partial charge in [-0.25, -0.2) is 0 Å². The first kappa shape index (κ1) is 23.8. The van der Waals surface area contributed by atoms with Crippen LogP contribution in [0.25, 0.3) is 11.3 Å². The number of hydrogen-bond acceptors (Lipinski definition) is 10. The lowest BCUT2D eigenvalue weighted by atomic mass is 10.1. The van der Waals surface area contributed by atoms with Crippen molar-refractivity contribution in [2.24, 2.45) is 0 Å². The van der Waals surface area contributed by atoms with Gasteiger partial charge in [0.2, 0.25) is 0 Å². The van der Waals surface area contributed by atoms with E-state index in [1.54, 1.807) is 30.6 Å². The highest BCUT2D eigenvalue weighted by atomic mass is 35.5. The summed E-state index contributed by atoms with van der Waals surface area (Å²) in [6.45, 7) is 3.69. The van der Waals surface area contributed by atoms with E-state index in [1.807, 2.05) is 0 Å². The maximum atomic E-state index is 11.8. The molecule has 32 heavy (non-hydrogen) atoms. The van der Waals surface area contributed by atoms with Gasteiger partial charge in [0.1, 0.15) is 5.75 Å². The number of carbonyl (C=O) groups excluding carboxylic acids is 3. The molecule has 0 unspecified atom stereocenters. The predicted molar refractivity (Wildman–Crippen MR) is 116 cm³/mol. The molecule has 0 spiro atoms. The van der Waals surface area contributed by atoms with Crippen LogP contribution in [0.1, 0.15) is 20.8 Å². The van der Waals surface area contributed by atoms with Crippen LogP contribution in [0.4, 0.5) is 0 Å². The zero-order valence-corrected chi connectivity index (χ0v) is 19.1. The summed E-state index contributed by atoms with van der Waals surface area (Å²) in [5.41, 5.74) is 0.585. The van der Waals surface area contributed by atoms with Crippen LogP contribution in [0.5, 0.6) is 5.75 Å². The highest BCUT2D eigenvalue weighted by molar-refractivity contribution is 7.99. The Bertz CT molecular complexity index is 991. The number of halogens is 1. The topological polar surface area (TPSA) is 114 Å². The van der Waals surface area contributed by atoms with Gasteiger partial charge in [-0.3, -0.25) is 24.4 Å². The molecule has 3 rings (SSSR count). The van der Waals surface area contributed by atoms with E-state index in [-0.39, 0.29) is 5.75 Å². The van der Waals surface area contributed by atoms with E-state index in [0.29, 0.717) is 16.5 Å². The summed E-state index contributed by atoms with van der Waals surface area (Å²) in [5.74, 6) is -1.17. The Kier molecular flexibility index (Phi) is 7.92. The smallest absolute Gasteiger partial charge is 0.303 e. The Balaban J connectivity index is 1.85. The van der Waals surface area contributed by atoms with Crippen molar-refractivity contribution in [3.8, 4) is 17.0 Å². The van der Waals surface area contributed by atoms with Crippen LogP contribution < -0.4 is 4.74 Å². The molecule has 1 fully saturated rings. The lowest BCUT2D eigenvalue weighted by Crippen LogP contribution is -2.55. The number of hydrogen-bond donors (Lipinski definition) is 0. The second-order valence-electron chi connectivity index (χ2n) is 6.85. The molecule has 0 aromatic carbocycles. The molecule has 0 N–H and O–H groups in total. The number of ether oxygens (including phenoxy) is 4. The molecule has 0 saturated carbocycles. The minimum Gasteiger partial charge on any atom is -0.474 e. The highest BCUT2D eigenvalue weighted by Crippen LogP contribution is 2.35. The molecule has 0 bridgehead atoms. The number of nitrogens with zero attached hydrogens (tertiary/aromatic N) is 2. The van der Waals surface area contributed by atoms with Gasteiger partial charge in [-0.2, -0.15) is 0 Å². The lowest BCUT2D eigenvalue weighted by Gasteiger charge is -2.39. The van der Waals surface area contributed by atoms with Crippen molar-refractivity contribution < 1.29 is 33.3 Å². The maximum Gasteiger partial charge on any atom is 0.303 e. The molecule has 170 valence electrons. The van der Waals surface area contributed by atoms with Gasteiger partial charge in [-0.05, 0) is 12.1 Å². The molecule has 2 aromatic rings. The zero-order valence-electron chi connectivity index (χ0n) is 17.5. The van der Waals surface area contributed by atoms with E-state index in [4.69, 9.17) is 30.5 Å². The number of esters is 3. The fourth-order valence-electron chi connectivity index (χ4n) is 3.15. The van der Waals surface area contributed by atoms with Gasteiger partial charge in [0, 0.05) is 50.5 Å². The van der Waals surface area contributed by atoms with Crippen LogP contribution in [0.3, 0.4) is 0 Å². The molecule has 1 aliphatic heterocycles. The van der Waals surface area contributed by atoms with Crippen molar-refractivity contribution in [2.45, 2.75) is 44.5 Å². The fraction of sp³-hybridized carbons (Fsp3) is 0.381. The fourth-order valence-corrected chi connectivity index (χ4v) is 4.63. The van der Waals surface area contributed by atoms with Crippen LogP contribution in [-0.4, -0.2) is 57.4 Å². The minimum absolute atomic E-state index is 0.260. The quantitative estimate of drug-likeness (QED) is 0.451. The number of aromatic nitrogens is 2. The largest absolute Gasteiger partial charge is 0.474 e. The van der Waals surface area contributed by atoms with E-state index in [9.17, 15) is 14.4 Å². The molecule has 1 saturated heterocycles. The zero-order chi connectivity index (χ0) is 23.3. The van der Waals surface area contributed by atoms with Crippen LogP contribution >= 0.6 is 23.4 Å². The average Bonchev–Trinajstić information content (AvgIpc) is 2.72. The Morgan fingerprint density at radius 2 is 1.62 bits per heavy atom. The molecule has 0 aliphatic carbocycles. The third-order valence-electron chi connectivity index (χ3n) is 4.33. The summed E-state index contributed by atoms with van der Waals surface area (Å²) in [6, 6.07) is 5.15. The molecular weight excluding hydrogens is 460 g/mol. The Morgan fingerprint density at radius 3 is 2.22 bits per heavy atom. The summed E-state index contributed by atoms with van der Waals surface area (Å²) in [5, 5.41) is 0.355. The van der Waals surface area contributed by atoms with E-state index >= 15 is 0 Å². The predicted octanol–water partition coefficient (Wildman–Crippen LogP) is 3.04. The van der Waals surface area contributed by atoms with E-state index in [2.05, 4.69) is 9.97 Å². The molecule has 0 amide bonds. The second kappa shape index (κ2) is 10.6. The highest BCUT2D eigenvalue weighted by Gasteiger charge is 2.47. The van der Waals surface area contributed by atoms with Crippen molar-refractivity contribution in [1.29, 1.82) is 0 Å². The molecule has 11 heteroatoms. The second-order valence-corrected chi connectivity index (χ2v) is 8.39. The van der Waals surface area contributed by atoms with Crippen molar-refractivity contribution in [3.05, 3.63) is 41.8 Å². The van der Waals surface area contributed by atoms with Gasteiger partial charge < -0.3 is 18.9 Å². The van der Waals surface area contributed by atoms with E-state index < -0.39 is 41.7 Å². The van der Waals surface area contributed by atoms with Gasteiger partial charge in [0.25, 0.3) is 0 Å². The van der Waals surface area contributed by atoms with E-state index in [0.717, 1.165) is 5.56 Å². The summed E-state index contributed by atoms with van der Waals surface area (Å²) < 4.78 is 22.0. The Morgan fingerprint density at radius 1 is 1.00 bits per heavy atom. The molecular formula is C21H21ClN2O7S. The number of pyridine rings is 2. The van der Waals surface area contributed by atoms with Gasteiger partial charge in [-0.15, -0.1) is 11.8 Å². The Labute approximate surface area is 193 Å². The van der Waals surface area contributed by atoms with Crippen molar-refractivity contribution in [2.75, 3.05) is 5.75 Å². The first-order valence-electron chi connectivity index (χ1n) is 9.60. The molecule has 0 radical (unpaired) electrons. The van der Waals surface area contributed by atoms with E-state index in [1.165, 1.54) is 38.7 Å². The van der Waals surface area contributed by atoms with Gasteiger partial charge in [-0.1, -0.05) is 11.6 Å². The van der Waals surface area contributed by atoms with Gasteiger partial charge in [0.05, 0.1) is 16.9 Å². The summed E-state index contributed by atoms with van der Waals surface area (Å²) in [6.07, 6.45) is 1.89. The monoisotopic (exact) mass is 480 g/mol. The number of carbonyl (C=O) groups is 3. The van der Waals surface area contributed by atoms with Crippen LogP contribution in [-0.2, 0) is 28.6 Å².